The molecule has 2 unspecified atom stereocenters. The van der Waals surface area contributed by atoms with Crippen molar-refractivity contribution in [1.82, 2.24) is 20.4 Å². The first-order valence-corrected chi connectivity index (χ1v) is 11.8. The molecule has 2 amide bonds. The van der Waals surface area contributed by atoms with Crippen LogP contribution >= 0.6 is 11.6 Å². The number of aryl methyl sites for hydroxylation is 1. The first kappa shape index (κ1) is 28.5. The van der Waals surface area contributed by atoms with E-state index in [2.05, 4.69) is 20.3 Å². The highest BCUT2D eigenvalue weighted by molar-refractivity contribution is 6.31. The zero-order chi connectivity index (χ0) is 27.4. The topological polar surface area (TPSA) is 116 Å². The minimum absolute atomic E-state index is 0.0210. The number of hydrogen-bond donors (Lipinski definition) is 1. The van der Waals surface area contributed by atoms with Gasteiger partial charge in [-0.25, -0.2) is 4.79 Å². The van der Waals surface area contributed by atoms with Crippen molar-refractivity contribution in [1.29, 1.82) is 0 Å². The molecular formula is C23H28ClF3N4O6. The number of amides is 2. The molecule has 1 aromatic carbocycles. The van der Waals surface area contributed by atoms with Crippen molar-refractivity contribution < 1.29 is 41.4 Å². The van der Waals surface area contributed by atoms with Crippen LogP contribution in [-0.2, 0) is 9.47 Å². The molecule has 0 radical (unpaired) electrons. The highest BCUT2D eigenvalue weighted by Crippen LogP contribution is 2.33. The molecule has 1 aliphatic rings. The number of piperidine rings is 1. The second-order valence-electron chi connectivity index (χ2n) is 9.41. The molecule has 1 aliphatic heterocycles. The Labute approximate surface area is 216 Å². The van der Waals surface area contributed by atoms with Crippen LogP contribution in [0.5, 0.6) is 6.08 Å². The van der Waals surface area contributed by atoms with Crippen molar-refractivity contribution in [3.63, 3.8) is 0 Å². The molecule has 2 aromatic rings. The standard InChI is InChI=1S/C23H28ClF3N4O6/c1-13-5-6-14(11-16(13)24)18(32)28-15-7-8-17(31(12-15)21(33)37-22(2,3)4)19-29-30-20(36-19)34-9-10-35-23(25,26)27/h5-6,11,15,17H,7-10,12H2,1-4H3,(H,28,32). The molecular weight excluding hydrogens is 521 g/mol. The SMILES string of the molecule is Cc1ccc(C(=O)NC2CCC(c3nnc(OCCOC(F)(F)F)o3)N(C(=O)OC(C)(C)C)C2)cc1Cl. The highest BCUT2D eigenvalue weighted by Gasteiger charge is 2.39. The van der Waals surface area contributed by atoms with Gasteiger partial charge >= 0.3 is 18.5 Å². The molecule has 204 valence electrons. The van der Waals surface area contributed by atoms with Crippen LogP contribution in [0.25, 0.3) is 0 Å². The predicted molar refractivity (Wildman–Crippen MR) is 124 cm³/mol. The summed E-state index contributed by atoms with van der Waals surface area (Å²) in [5, 5.41) is 10.9. The summed E-state index contributed by atoms with van der Waals surface area (Å²) in [6.45, 7) is 5.82. The largest absolute Gasteiger partial charge is 0.522 e. The van der Waals surface area contributed by atoms with Crippen molar-refractivity contribution >= 4 is 23.6 Å². The Bertz CT molecular complexity index is 1100. The normalized spacial score (nSPS) is 18.4. The Morgan fingerprint density at radius 3 is 2.57 bits per heavy atom. The number of carbonyl (C=O) groups excluding carboxylic acids is 2. The highest BCUT2D eigenvalue weighted by atomic mass is 35.5. The maximum absolute atomic E-state index is 13.0. The van der Waals surface area contributed by atoms with Gasteiger partial charge in [-0.1, -0.05) is 22.8 Å². The van der Waals surface area contributed by atoms with Gasteiger partial charge in [0.25, 0.3) is 5.91 Å². The van der Waals surface area contributed by atoms with E-state index in [-0.39, 0.29) is 24.4 Å². The summed E-state index contributed by atoms with van der Waals surface area (Å²) in [7, 11) is 0. The van der Waals surface area contributed by atoms with Gasteiger partial charge < -0.3 is 19.2 Å². The average Bonchev–Trinajstić information content (AvgIpc) is 3.25. The molecule has 37 heavy (non-hydrogen) atoms. The van der Waals surface area contributed by atoms with E-state index in [4.69, 9.17) is 25.5 Å². The number of hydrogen-bond acceptors (Lipinski definition) is 8. The predicted octanol–water partition coefficient (Wildman–Crippen LogP) is 4.82. The fourth-order valence-electron chi connectivity index (χ4n) is 3.57. The minimum Gasteiger partial charge on any atom is -0.447 e. The van der Waals surface area contributed by atoms with Gasteiger partial charge in [0.15, 0.2) is 0 Å². The third kappa shape index (κ3) is 8.49. The zero-order valence-electron chi connectivity index (χ0n) is 20.7. The summed E-state index contributed by atoms with van der Waals surface area (Å²) in [5.41, 5.74) is 0.429. The lowest BCUT2D eigenvalue weighted by Gasteiger charge is -2.38. The van der Waals surface area contributed by atoms with E-state index >= 15 is 0 Å². The summed E-state index contributed by atoms with van der Waals surface area (Å²) in [6.07, 6.45) is -5.01. The number of carbonyl (C=O) groups is 2. The summed E-state index contributed by atoms with van der Waals surface area (Å²) < 4.78 is 55.9. The van der Waals surface area contributed by atoms with Gasteiger partial charge in [-0.3, -0.25) is 14.4 Å². The maximum Gasteiger partial charge on any atom is 0.522 e. The number of aromatic nitrogens is 2. The number of alkyl halides is 3. The maximum atomic E-state index is 13.0. The van der Waals surface area contributed by atoms with Crippen LogP contribution in [0.1, 0.15) is 61.5 Å². The van der Waals surface area contributed by atoms with Gasteiger partial charge in [-0.2, -0.15) is 0 Å². The van der Waals surface area contributed by atoms with Crippen LogP contribution in [0.4, 0.5) is 18.0 Å². The fraction of sp³-hybridized carbons (Fsp3) is 0.565. The number of halogens is 4. The third-order valence-electron chi connectivity index (χ3n) is 5.26. The number of benzene rings is 1. The summed E-state index contributed by atoms with van der Waals surface area (Å²) >= 11 is 6.14. The Hall–Kier alpha value is -3.06. The van der Waals surface area contributed by atoms with Crippen LogP contribution in [0.3, 0.4) is 0 Å². The molecule has 1 saturated heterocycles. The summed E-state index contributed by atoms with van der Waals surface area (Å²) in [5.74, 6) is -0.322. The number of ether oxygens (including phenoxy) is 3. The first-order valence-electron chi connectivity index (χ1n) is 11.5. The molecule has 14 heteroatoms. The van der Waals surface area contributed by atoms with Crippen molar-refractivity contribution in [3.8, 4) is 6.08 Å². The van der Waals surface area contributed by atoms with Crippen molar-refractivity contribution in [2.45, 2.75) is 64.6 Å². The molecule has 0 aliphatic carbocycles. The summed E-state index contributed by atoms with van der Waals surface area (Å²) in [4.78, 5) is 27.2. The second kappa shape index (κ2) is 11.5. The molecule has 0 saturated carbocycles. The van der Waals surface area contributed by atoms with Crippen molar-refractivity contribution in [2.75, 3.05) is 19.8 Å². The average molecular weight is 549 g/mol. The number of nitrogens with zero attached hydrogens (tertiary/aromatic N) is 3. The van der Waals surface area contributed by atoms with E-state index in [1.54, 1.807) is 39.0 Å². The molecule has 2 heterocycles. The van der Waals surface area contributed by atoms with Gasteiger partial charge in [-0.15, -0.1) is 18.3 Å². The minimum atomic E-state index is -4.78. The van der Waals surface area contributed by atoms with Crippen LogP contribution in [0.2, 0.25) is 5.02 Å². The van der Waals surface area contributed by atoms with E-state index in [0.717, 1.165) is 5.56 Å². The molecule has 0 bridgehead atoms. The van der Waals surface area contributed by atoms with E-state index in [1.165, 1.54) is 4.90 Å². The smallest absolute Gasteiger partial charge is 0.447 e. The van der Waals surface area contributed by atoms with Crippen LogP contribution in [-0.4, -0.2) is 64.9 Å². The fourth-order valence-corrected chi connectivity index (χ4v) is 3.75. The second-order valence-corrected chi connectivity index (χ2v) is 9.82. The molecule has 1 aromatic heterocycles. The van der Waals surface area contributed by atoms with Gasteiger partial charge in [-0.05, 0) is 58.2 Å². The van der Waals surface area contributed by atoms with Gasteiger partial charge in [0.05, 0.1) is 6.61 Å². The summed E-state index contributed by atoms with van der Waals surface area (Å²) in [6, 6.07) is 3.87. The number of nitrogens with one attached hydrogen (secondary N) is 1. The monoisotopic (exact) mass is 548 g/mol. The lowest BCUT2D eigenvalue weighted by Crippen LogP contribution is -2.52. The lowest BCUT2D eigenvalue weighted by atomic mass is 9.98. The van der Waals surface area contributed by atoms with E-state index in [9.17, 15) is 22.8 Å². The molecule has 0 spiro atoms. The lowest BCUT2D eigenvalue weighted by molar-refractivity contribution is -0.325. The van der Waals surface area contributed by atoms with Crippen molar-refractivity contribution in [3.05, 3.63) is 40.2 Å². The molecule has 10 nitrogen and oxygen atoms in total. The van der Waals surface area contributed by atoms with E-state index in [1.807, 2.05) is 6.92 Å². The van der Waals surface area contributed by atoms with E-state index < -0.39 is 43.4 Å². The van der Waals surface area contributed by atoms with Crippen LogP contribution in [0.15, 0.2) is 22.6 Å². The van der Waals surface area contributed by atoms with Gasteiger partial charge in [0.1, 0.15) is 18.2 Å². The quantitative estimate of drug-likeness (QED) is 0.490. The first-order chi connectivity index (χ1) is 17.2. The number of rotatable bonds is 7. The van der Waals surface area contributed by atoms with Crippen LogP contribution in [0, 0.1) is 6.92 Å². The number of likely N-dealkylation sites (tertiary alicyclic amines) is 1. The van der Waals surface area contributed by atoms with Crippen LogP contribution < -0.4 is 10.1 Å². The molecule has 3 rings (SSSR count). The van der Waals surface area contributed by atoms with Gasteiger partial charge in [0.2, 0.25) is 5.89 Å². The molecule has 2 atom stereocenters. The Morgan fingerprint density at radius 2 is 1.92 bits per heavy atom. The molecule has 1 N–H and O–H groups in total. The Kier molecular flexibility index (Phi) is 8.90. The Balaban J connectivity index is 1.69. The molecule has 1 fully saturated rings. The Morgan fingerprint density at radius 1 is 1.19 bits per heavy atom. The van der Waals surface area contributed by atoms with E-state index in [0.29, 0.717) is 23.4 Å². The third-order valence-corrected chi connectivity index (χ3v) is 5.67. The van der Waals surface area contributed by atoms with Gasteiger partial charge in [0, 0.05) is 23.2 Å². The van der Waals surface area contributed by atoms with Crippen molar-refractivity contribution in [2.24, 2.45) is 0 Å². The zero-order valence-corrected chi connectivity index (χ0v) is 21.5.